The molecule has 0 bridgehead atoms. The first-order chi connectivity index (χ1) is 7.68. The Morgan fingerprint density at radius 3 is 2.69 bits per heavy atom. The Morgan fingerprint density at radius 2 is 2.06 bits per heavy atom. The summed E-state index contributed by atoms with van der Waals surface area (Å²) in [5.74, 6) is 0.0990. The summed E-state index contributed by atoms with van der Waals surface area (Å²) in [7, 11) is 0. The van der Waals surface area contributed by atoms with Crippen LogP contribution in [0.15, 0.2) is 22.7 Å². The second kappa shape index (κ2) is 5.00. The van der Waals surface area contributed by atoms with E-state index in [1.807, 2.05) is 18.2 Å². The van der Waals surface area contributed by atoms with Crippen LogP contribution in [0.3, 0.4) is 0 Å². The molecule has 1 saturated carbocycles. The molecule has 1 N–H and O–H groups in total. The summed E-state index contributed by atoms with van der Waals surface area (Å²) in [5.41, 5.74) is 1.79. The summed E-state index contributed by atoms with van der Waals surface area (Å²) in [6.07, 6.45) is 5.08. The molecule has 0 unspecified atom stereocenters. The van der Waals surface area contributed by atoms with Crippen molar-refractivity contribution in [1.29, 1.82) is 0 Å². The zero-order valence-corrected chi connectivity index (χ0v) is 11.0. The Morgan fingerprint density at radius 1 is 1.38 bits per heavy atom. The van der Waals surface area contributed by atoms with Gasteiger partial charge in [-0.3, -0.25) is 4.79 Å². The van der Waals surface area contributed by atoms with Gasteiger partial charge >= 0.3 is 0 Å². The number of nitrogens with one attached hydrogen (secondary N) is 1. The van der Waals surface area contributed by atoms with Gasteiger partial charge in [0, 0.05) is 17.3 Å². The molecule has 1 aromatic rings. The van der Waals surface area contributed by atoms with Crippen LogP contribution in [0.5, 0.6) is 0 Å². The van der Waals surface area contributed by atoms with Crippen LogP contribution in [-0.4, -0.2) is 11.8 Å². The first kappa shape index (κ1) is 11.6. The van der Waals surface area contributed by atoms with E-state index in [-0.39, 0.29) is 5.78 Å². The van der Waals surface area contributed by atoms with Crippen LogP contribution >= 0.6 is 15.9 Å². The average molecular weight is 282 g/mol. The smallest absolute Gasteiger partial charge is 0.161 e. The molecular weight excluding hydrogens is 266 g/mol. The van der Waals surface area contributed by atoms with Crippen molar-refractivity contribution in [2.45, 2.75) is 38.6 Å². The molecule has 1 aromatic carbocycles. The molecule has 16 heavy (non-hydrogen) atoms. The van der Waals surface area contributed by atoms with Crippen molar-refractivity contribution < 1.29 is 4.79 Å². The fraction of sp³-hybridized carbons (Fsp3) is 0.462. The summed E-state index contributed by atoms with van der Waals surface area (Å²) in [5, 5.41) is 3.51. The zero-order valence-electron chi connectivity index (χ0n) is 9.42. The monoisotopic (exact) mass is 281 g/mol. The molecule has 2 nitrogen and oxygen atoms in total. The molecule has 2 rings (SSSR count). The third-order valence-electron chi connectivity index (χ3n) is 3.09. The number of ketones is 1. The minimum absolute atomic E-state index is 0.0990. The van der Waals surface area contributed by atoms with Crippen LogP contribution in [0.4, 0.5) is 5.69 Å². The predicted molar refractivity (Wildman–Crippen MR) is 70.0 cm³/mol. The largest absolute Gasteiger partial charge is 0.381 e. The zero-order chi connectivity index (χ0) is 11.5. The molecule has 86 valence electrons. The topological polar surface area (TPSA) is 29.1 Å². The number of halogens is 1. The van der Waals surface area contributed by atoms with Crippen molar-refractivity contribution >= 4 is 27.4 Å². The van der Waals surface area contributed by atoms with Gasteiger partial charge in [0.2, 0.25) is 0 Å². The highest BCUT2D eigenvalue weighted by molar-refractivity contribution is 9.10. The molecule has 1 fully saturated rings. The number of Topliss-reactive ketones (excluding diaryl/α,β-unsaturated/α-hetero) is 1. The van der Waals surface area contributed by atoms with Gasteiger partial charge in [0.15, 0.2) is 5.78 Å². The lowest BCUT2D eigenvalue weighted by molar-refractivity contribution is 0.101. The van der Waals surface area contributed by atoms with E-state index < -0.39 is 0 Å². The SMILES string of the molecule is CC(=O)c1cccc(NC2CCCC2)c1Br. The Kier molecular flexibility index (Phi) is 3.64. The van der Waals surface area contributed by atoms with Crippen molar-refractivity contribution in [1.82, 2.24) is 0 Å². The fourth-order valence-corrected chi connectivity index (χ4v) is 2.86. The highest BCUT2D eigenvalue weighted by atomic mass is 79.9. The van der Waals surface area contributed by atoms with Crippen LogP contribution in [0.1, 0.15) is 43.0 Å². The highest BCUT2D eigenvalue weighted by Gasteiger charge is 2.16. The molecule has 1 aliphatic carbocycles. The summed E-state index contributed by atoms with van der Waals surface area (Å²) >= 11 is 3.51. The Hall–Kier alpha value is -0.830. The lowest BCUT2D eigenvalue weighted by Gasteiger charge is -2.16. The number of anilines is 1. The predicted octanol–water partition coefficient (Wildman–Crippen LogP) is 4.01. The quantitative estimate of drug-likeness (QED) is 0.849. The van der Waals surface area contributed by atoms with Crippen molar-refractivity contribution in [3.05, 3.63) is 28.2 Å². The van der Waals surface area contributed by atoms with Crippen LogP contribution in [0, 0.1) is 0 Å². The second-order valence-corrected chi connectivity index (χ2v) is 5.14. The molecule has 0 saturated heterocycles. The third kappa shape index (κ3) is 2.46. The van der Waals surface area contributed by atoms with E-state index in [1.165, 1.54) is 25.7 Å². The Bertz CT molecular complexity index is 397. The van der Waals surface area contributed by atoms with Gasteiger partial charge in [0.1, 0.15) is 0 Å². The molecule has 0 aromatic heterocycles. The van der Waals surface area contributed by atoms with Gasteiger partial charge in [-0.1, -0.05) is 25.0 Å². The van der Waals surface area contributed by atoms with Crippen LogP contribution in [0.25, 0.3) is 0 Å². The first-order valence-electron chi connectivity index (χ1n) is 5.74. The first-order valence-corrected chi connectivity index (χ1v) is 6.54. The van der Waals surface area contributed by atoms with E-state index in [1.54, 1.807) is 6.92 Å². The molecule has 0 radical (unpaired) electrons. The molecule has 0 atom stereocenters. The molecule has 3 heteroatoms. The van der Waals surface area contributed by atoms with Gasteiger partial charge in [-0.25, -0.2) is 0 Å². The summed E-state index contributed by atoms with van der Waals surface area (Å²) in [4.78, 5) is 11.4. The van der Waals surface area contributed by atoms with E-state index >= 15 is 0 Å². The van der Waals surface area contributed by atoms with E-state index in [9.17, 15) is 4.79 Å². The van der Waals surface area contributed by atoms with Crippen molar-refractivity contribution in [3.63, 3.8) is 0 Å². The van der Waals surface area contributed by atoms with Gasteiger partial charge in [0.05, 0.1) is 4.47 Å². The molecule has 0 heterocycles. The normalized spacial score (nSPS) is 16.4. The number of carbonyl (C=O) groups is 1. The molecule has 0 amide bonds. The van der Waals surface area contributed by atoms with E-state index in [4.69, 9.17) is 0 Å². The van der Waals surface area contributed by atoms with Crippen LogP contribution in [-0.2, 0) is 0 Å². The van der Waals surface area contributed by atoms with Crippen LogP contribution < -0.4 is 5.32 Å². The van der Waals surface area contributed by atoms with E-state index in [2.05, 4.69) is 21.2 Å². The number of hydrogen-bond acceptors (Lipinski definition) is 2. The van der Waals surface area contributed by atoms with Gasteiger partial charge in [-0.05, 0) is 41.8 Å². The maximum Gasteiger partial charge on any atom is 0.161 e. The summed E-state index contributed by atoms with van der Waals surface area (Å²) in [6.45, 7) is 1.60. The van der Waals surface area contributed by atoms with Crippen molar-refractivity contribution in [2.75, 3.05) is 5.32 Å². The van der Waals surface area contributed by atoms with Gasteiger partial charge in [-0.2, -0.15) is 0 Å². The highest BCUT2D eigenvalue weighted by Crippen LogP contribution is 2.30. The fourth-order valence-electron chi connectivity index (χ4n) is 2.21. The third-order valence-corrected chi connectivity index (χ3v) is 3.95. The van der Waals surface area contributed by atoms with Gasteiger partial charge in [-0.15, -0.1) is 0 Å². The summed E-state index contributed by atoms with van der Waals surface area (Å²) < 4.78 is 0.898. The van der Waals surface area contributed by atoms with Crippen molar-refractivity contribution in [3.8, 4) is 0 Å². The lowest BCUT2D eigenvalue weighted by atomic mass is 10.1. The Labute approximate surface area is 105 Å². The second-order valence-electron chi connectivity index (χ2n) is 4.35. The van der Waals surface area contributed by atoms with Gasteiger partial charge in [0.25, 0.3) is 0 Å². The van der Waals surface area contributed by atoms with Crippen LogP contribution in [0.2, 0.25) is 0 Å². The number of benzene rings is 1. The minimum atomic E-state index is 0.0990. The maximum absolute atomic E-state index is 11.4. The van der Waals surface area contributed by atoms with E-state index in [0.717, 1.165) is 15.7 Å². The number of hydrogen-bond donors (Lipinski definition) is 1. The van der Waals surface area contributed by atoms with Gasteiger partial charge < -0.3 is 5.32 Å². The molecule has 1 aliphatic rings. The lowest BCUT2D eigenvalue weighted by Crippen LogP contribution is -2.15. The molecule has 0 aliphatic heterocycles. The number of rotatable bonds is 3. The number of carbonyl (C=O) groups excluding carboxylic acids is 1. The summed E-state index contributed by atoms with van der Waals surface area (Å²) in [6, 6.07) is 6.37. The minimum Gasteiger partial charge on any atom is -0.381 e. The average Bonchev–Trinajstić information content (AvgIpc) is 2.73. The van der Waals surface area contributed by atoms with E-state index in [0.29, 0.717) is 6.04 Å². The molecule has 0 spiro atoms. The Balaban J connectivity index is 2.20. The van der Waals surface area contributed by atoms with Crippen molar-refractivity contribution in [2.24, 2.45) is 0 Å². The standard InChI is InChI=1S/C13H16BrNO/c1-9(16)11-7-4-8-12(13(11)14)15-10-5-2-3-6-10/h4,7-8,10,15H,2-3,5-6H2,1H3. The molecular formula is C13H16BrNO. The maximum atomic E-state index is 11.4.